The summed E-state index contributed by atoms with van der Waals surface area (Å²) in [6, 6.07) is 15.3. The van der Waals surface area contributed by atoms with Crippen molar-refractivity contribution in [1.29, 1.82) is 5.26 Å². The van der Waals surface area contributed by atoms with Crippen LogP contribution in [0.3, 0.4) is 0 Å². The molecule has 5 N–H and O–H groups in total. The van der Waals surface area contributed by atoms with E-state index >= 15 is 0 Å². The molecule has 4 atom stereocenters. The molecule has 4 heterocycles. The van der Waals surface area contributed by atoms with Gasteiger partial charge in [0.15, 0.2) is 0 Å². The summed E-state index contributed by atoms with van der Waals surface area (Å²) in [6.45, 7) is 18.7. The molecular weight excluding hydrogens is 946 g/mol. The number of thiazole rings is 1. The monoisotopic (exact) mass is 1010 g/mol. The maximum absolute atomic E-state index is 14.2. The Balaban J connectivity index is 0.838. The van der Waals surface area contributed by atoms with Gasteiger partial charge in [0.25, 0.3) is 5.91 Å². The second-order valence-electron chi connectivity index (χ2n) is 21.0. The number of likely N-dealkylation sites (tertiary alicyclic amines) is 1. The number of aliphatic hydroxyl groups excluding tert-OH is 2. The second kappa shape index (κ2) is 22.0. The Bertz CT molecular complexity index is 2570. The number of ether oxygens (including phenoxy) is 2. The number of rotatable bonds is 17. The van der Waals surface area contributed by atoms with Gasteiger partial charge in [-0.2, -0.15) is 5.26 Å². The van der Waals surface area contributed by atoms with Crippen molar-refractivity contribution in [1.82, 2.24) is 35.7 Å². The van der Waals surface area contributed by atoms with Gasteiger partial charge in [-0.25, -0.2) is 9.97 Å². The largest absolute Gasteiger partial charge is 0.489 e. The zero-order valence-corrected chi connectivity index (χ0v) is 43.3. The summed E-state index contributed by atoms with van der Waals surface area (Å²) >= 11 is 7.78. The predicted octanol–water partition coefficient (Wildman–Crippen LogP) is 5.13. The Labute approximate surface area is 424 Å². The molecule has 71 heavy (non-hydrogen) atoms. The van der Waals surface area contributed by atoms with E-state index in [4.69, 9.17) is 21.1 Å². The molecule has 19 heteroatoms. The van der Waals surface area contributed by atoms with E-state index in [0.717, 1.165) is 35.0 Å². The number of halogens is 1. The third kappa shape index (κ3) is 12.0. The number of aromatic nitrogens is 2. The van der Waals surface area contributed by atoms with E-state index in [1.807, 2.05) is 58.0 Å². The molecule has 0 radical (unpaired) electrons. The summed E-state index contributed by atoms with van der Waals surface area (Å²) in [5, 5.41) is 39.4. The van der Waals surface area contributed by atoms with Crippen LogP contribution in [0, 0.1) is 34.5 Å². The van der Waals surface area contributed by atoms with Crippen molar-refractivity contribution < 1.29 is 38.9 Å². The average Bonchev–Trinajstić information content (AvgIpc) is 3.96. The van der Waals surface area contributed by atoms with E-state index in [2.05, 4.69) is 69.5 Å². The lowest BCUT2D eigenvalue weighted by molar-refractivity contribution is -0.164. The Morgan fingerprint density at radius 3 is 2.28 bits per heavy atom. The summed E-state index contributed by atoms with van der Waals surface area (Å²) in [7, 11) is 0. The summed E-state index contributed by atoms with van der Waals surface area (Å²) in [5.41, 5.74) is 3.63. The molecule has 3 aliphatic rings. The molecule has 2 saturated heterocycles. The highest BCUT2D eigenvalue weighted by Gasteiger charge is 2.64. The van der Waals surface area contributed by atoms with Crippen molar-refractivity contribution in [3.8, 4) is 22.3 Å². The number of carbonyl (C=O) groups excluding carboxylic acids is 4. The number of benzene rings is 2. The van der Waals surface area contributed by atoms with Crippen LogP contribution in [0.25, 0.3) is 10.4 Å². The Morgan fingerprint density at radius 1 is 0.986 bits per heavy atom. The van der Waals surface area contributed by atoms with E-state index in [1.165, 1.54) is 16.2 Å². The van der Waals surface area contributed by atoms with Gasteiger partial charge in [0.2, 0.25) is 17.7 Å². The number of amides is 4. The van der Waals surface area contributed by atoms with Crippen LogP contribution in [0.5, 0.6) is 5.75 Å². The fourth-order valence-electron chi connectivity index (χ4n) is 10.3. The topological polar surface area (TPSA) is 223 Å². The third-order valence-electron chi connectivity index (χ3n) is 14.0. The van der Waals surface area contributed by atoms with Gasteiger partial charge in [-0.05, 0) is 47.7 Å². The van der Waals surface area contributed by atoms with Gasteiger partial charge in [0, 0.05) is 74.8 Å². The molecule has 1 aliphatic carbocycles. The Morgan fingerprint density at radius 2 is 1.69 bits per heavy atom. The summed E-state index contributed by atoms with van der Waals surface area (Å²) in [4.78, 5) is 70.4. The SMILES string of the molecule is Cc1ncsc1-c1ccc(C(CO)NC(=O)C2C[C@@H](O)CN2C(=O)[C@@H](NC(=O)COCCN2CCN(c3ccc(C(=O)NC4C(C)(C)C(Oc5ccc(C#N)c(Cl)c5)C4(C)C)cn3)CC2)C(C)(C)C)cc1. The predicted molar refractivity (Wildman–Crippen MR) is 271 cm³/mol. The first-order chi connectivity index (χ1) is 33.6. The highest BCUT2D eigenvalue weighted by Crippen LogP contribution is 2.55. The Kier molecular flexibility index (Phi) is 16.4. The van der Waals surface area contributed by atoms with Gasteiger partial charge in [-0.15, -0.1) is 11.3 Å². The molecule has 380 valence electrons. The number of β-amino-alcohol motifs (C(OH)–C–C–N with tert-alkyl or cyclic N) is 1. The molecule has 2 unspecified atom stereocenters. The van der Waals surface area contributed by atoms with E-state index in [1.54, 1.807) is 36.0 Å². The quantitative estimate of drug-likeness (QED) is 0.0867. The maximum Gasteiger partial charge on any atom is 0.253 e. The fraction of sp³-hybridized carbons (Fsp3) is 0.519. The number of aliphatic hydroxyl groups is 2. The molecule has 2 aliphatic heterocycles. The number of carbonyl (C=O) groups is 4. The molecule has 17 nitrogen and oxygen atoms in total. The summed E-state index contributed by atoms with van der Waals surface area (Å²) in [6.07, 6.45) is 0.446. The fourth-order valence-corrected chi connectivity index (χ4v) is 11.4. The van der Waals surface area contributed by atoms with E-state index in [0.29, 0.717) is 47.1 Å². The molecule has 0 spiro atoms. The maximum atomic E-state index is 14.2. The van der Waals surface area contributed by atoms with Crippen LogP contribution in [-0.4, -0.2) is 143 Å². The number of nitriles is 1. The van der Waals surface area contributed by atoms with Crippen molar-refractivity contribution in [2.75, 3.05) is 64.0 Å². The summed E-state index contributed by atoms with van der Waals surface area (Å²) < 4.78 is 12.2. The van der Waals surface area contributed by atoms with Gasteiger partial charge in [-0.3, -0.25) is 24.1 Å². The van der Waals surface area contributed by atoms with Crippen LogP contribution in [0.15, 0.2) is 66.3 Å². The Hall–Kier alpha value is -5.68. The van der Waals surface area contributed by atoms with Gasteiger partial charge in [0.1, 0.15) is 42.4 Å². The second-order valence-corrected chi connectivity index (χ2v) is 22.2. The normalized spacial score (nSPS) is 21.6. The number of nitrogens with one attached hydrogen (secondary N) is 3. The minimum atomic E-state index is -1.02. The lowest BCUT2D eigenvalue weighted by Gasteiger charge is -2.63. The van der Waals surface area contributed by atoms with Crippen LogP contribution in [0.4, 0.5) is 5.82 Å². The van der Waals surface area contributed by atoms with Crippen molar-refractivity contribution >= 4 is 52.4 Å². The molecule has 3 fully saturated rings. The standard InChI is InChI=1S/C52H66ClN9O8S/c1-31-43(71-30-56-31)33-11-9-32(10-12-33)39(28-63)57-46(67)40-23-36(64)27-62(40)47(68)44(50(2,3)4)58-42(65)29-69-22-21-60-17-19-61(20-18-60)41-16-14-35(26-55-41)45(66)59-48-51(5,6)49(52(48,7)8)70-37-15-13-34(25-54)38(53)24-37/h9-16,24,26,30,36,39-40,44,48-49,63-64H,17-23,27-29H2,1-8H3,(H,57,67)(H,58,65)(H,59,66)/t36-,39?,40?,44-,48?,49?/m1/s1. The van der Waals surface area contributed by atoms with Crippen molar-refractivity contribution in [3.05, 3.63) is 93.7 Å². The molecule has 0 bridgehead atoms. The van der Waals surface area contributed by atoms with Crippen LogP contribution in [0.2, 0.25) is 5.02 Å². The summed E-state index contributed by atoms with van der Waals surface area (Å²) in [5.74, 6) is -0.366. The van der Waals surface area contributed by atoms with E-state index < -0.39 is 58.2 Å². The van der Waals surface area contributed by atoms with Crippen molar-refractivity contribution in [2.24, 2.45) is 16.2 Å². The lowest BCUT2D eigenvalue weighted by Crippen LogP contribution is -2.74. The number of hydrogen-bond donors (Lipinski definition) is 5. The zero-order chi connectivity index (χ0) is 51.4. The van der Waals surface area contributed by atoms with Crippen molar-refractivity contribution in [2.45, 2.75) is 98.2 Å². The number of piperazine rings is 1. The third-order valence-corrected chi connectivity index (χ3v) is 15.3. The van der Waals surface area contributed by atoms with E-state index in [-0.39, 0.29) is 50.8 Å². The highest BCUT2D eigenvalue weighted by molar-refractivity contribution is 7.13. The molecule has 7 rings (SSSR count). The number of aryl methyl sites for hydroxylation is 1. The van der Waals surface area contributed by atoms with Crippen LogP contribution in [0.1, 0.15) is 88.1 Å². The first-order valence-electron chi connectivity index (χ1n) is 24.0. The van der Waals surface area contributed by atoms with Crippen LogP contribution in [-0.2, 0) is 19.1 Å². The van der Waals surface area contributed by atoms with Crippen LogP contribution >= 0.6 is 22.9 Å². The molecule has 1 saturated carbocycles. The lowest BCUT2D eigenvalue weighted by atomic mass is 9.49. The number of hydrogen-bond acceptors (Lipinski definition) is 14. The minimum Gasteiger partial charge on any atom is -0.489 e. The first kappa shape index (κ1) is 53.1. The number of nitrogens with zero attached hydrogens (tertiary/aromatic N) is 6. The molecule has 4 amide bonds. The smallest absolute Gasteiger partial charge is 0.253 e. The minimum absolute atomic E-state index is 0.0141. The van der Waals surface area contributed by atoms with E-state index in [9.17, 15) is 34.7 Å². The molecule has 4 aromatic rings. The number of pyridine rings is 1. The molecule has 2 aromatic carbocycles. The zero-order valence-electron chi connectivity index (χ0n) is 41.7. The first-order valence-corrected chi connectivity index (χ1v) is 25.3. The van der Waals surface area contributed by atoms with Gasteiger partial charge < -0.3 is 45.4 Å². The number of anilines is 1. The van der Waals surface area contributed by atoms with Crippen LogP contribution < -0.4 is 25.6 Å². The van der Waals surface area contributed by atoms with Gasteiger partial charge in [-0.1, -0.05) is 84.3 Å². The molecule has 2 aromatic heterocycles. The van der Waals surface area contributed by atoms with Gasteiger partial charge >= 0.3 is 0 Å². The van der Waals surface area contributed by atoms with Gasteiger partial charge in [0.05, 0.1) is 57.6 Å². The highest BCUT2D eigenvalue weighted by atomic mass is 35.5. The van der Waals surface area contributed by atoms with Crippen molar-refractivity contribution in [3.63, 3.8) is 0 Å². The average molecular weight is 1010 g/mol. The molecular formula is C52H66ClN9O8S.